The predicted molar refractivity (Wildman–Crippen MR) is 82.4 cm³/mol. The van der Waals surface area contributed by atoms with E-state index < -0.39 is 11.7 Å². The van der Waals surface area contributed by atoms with E-state index >= 15 is 0 Å². The molecule has 24 heavy (non-hydrogen) atoms. The SMILES string of the molecule is O=C1CCCCN1C1CCn2c(cc3cc(C(F)(F)F)cnc32)C1. The van der Waals surface area contributed by atoms with Crippen molar-refractivity contribution in [3.8, 4) is 0 Å². The van der Waals surface area contributed by atoms with Crippen molar-refractivity contribution in [1.29, 1.82) is 0 Å². The van der Waals surface area contributed by atoms with Gasteiger partial charge < -0.3 is 9.47 Å². The molecule has 1 atom stereocenters. The maximum absolute atomic E-state index is 12.9. The molecule has 0 aromatic carbocycles. The molecule has 0 bridgehead atoms. The van der Waals surface area contributed by atoms with E-state index in [1.54, 1.807) is 6.07 Å². The molecule has 0 radical (unpaired) electrons. The van der Waals surface area contributed by atoms with Gasteiger partial charge in [0.15, 0.2) is 0 Å². The molecule has 4 heterocycles. The van der Waals surface area contributed by atoms with Crippen LogP contribution in [0.4, 0.5) is 13.2 Å². The van der Waals surface area contributed by atoms with Gasteiger partial charge in [0.1, 0.15) is 5.65 Å². The molecule has 1 unspecified atom stereocenters. The average Bonchev–Trinajstić information content (AvgIpc) is 2.91. The lowest BCUT2D eigenvalue weighted by Gasteiger charge is -2.37. The van der Waals surface area contributed by atoms with Crippen LogP contribution in [0, 0.1) is 0 Å². The third-order valence-corrected chi connectivity index (χ3v) is 5.08. The maximum Gasteiger partial charge on any atom is 0.417 e. The van der Waals surface area contributed by atoms with Crippen LogP contribution >= 0.6 is 0 Å². The number of hydrogen-bond acceptors (Lipinski definition) is 2. The Morgan fingerprint density at radius 1 is 1.17 bits per heavy atom. The predicted octanol–water partition coefficient (Wildman–Crippen LogP) is 3.38. The first-order chi connectivity index (χ1) is 11.4. The molecular weight excluding hydrogens is 319 g/mol. The second-order valence-electron chi connectivity index (χ2n) is 6.61. The number of halogens is 3. The lowest BCUT2D eigenvalue weighted by molar-refractivity contribution is -0.138. The van der Waals surface area contributed by atoms with Crippen molar-refractivity contribution in [3.05, 3.63) is 29.6 Å². The molecule has 1 saturated heterocycles. The van der Waals surface area contributed by atoms with Crippen LogP contribution < -0.4 is 0 Å². The number of nitrogens with zero attached hydrogens (tertiary/aromatic N) is 3. The Hall–Kier alpha value is -2.05. The lowest BCUT2D eigenvalue weighted by Crippen LogP contribution is -2.46. The highest BCUT2D eigenvalue weighted by atomic mass is 19.4. The van der Waals surface area contributed by atoms with E-state index in [9.17, 15) is 18.0 Å². The Morgan fingerprint density at radius 2 is 2.00 bits per heavy atom. The van der Waals surface area contributed by atoms with Gasteiger partial charge in [-0.3, -0.25) is 4.79 Å². The third-order valence-electron chi connectivity index (χ3n) is 5.08. The highest BCUT2D eigenvalue weighted by Gasteiger charge is 2.33. The highest BCUT2D eigenvalue weighted by molar-refractivity contribution is 5.79. The Bertz CT molecular complexity index is 796. The van der Waals surface area contributed by atoms with E-state index in [1.807, 2.05) is 9.47 Å². The number of carbonyl (C=O) groups excluding carboxylic acids is 1. The number of likely N-dealkylation sites (tertiary alicyclic amines) is 1. The maximum atomic E-state index is 12.9. The minimum absolute atomic E-state index is 0.150. The van der Waals surface area contributed by atoms with E-state index in [2.05, 4.69) is 4.98 Å². The van der Waals surface area contributed by atoms with Crippen LogP contribution in [0.3, 0.4) is 0 Å². The van der Waals surface area contributed by atoms with E-state index in [0.717, 1.165) is 43.8 Å². The number of pyridine rings is 1. The van der Waals surface area contributed by atoms with Gasteiger partial charge >= 0.3 is 6.18 Å². The topological polar surface area (TPSA) is 38.1 Å². The fourth-order valence-corrected chi connectivity index (χ4v) is 3.87. The molecule has 1 amide bonds. The monoisotopic (exact) mass is 337 g/mol. The minimum atomic E-state index is -4.38. The summed E-state index contributed by atoms with van der Waals surface area (Å²) in [6.07, 6.45) is 0.612. The molecule has 4 nitrogen and oxygen atoms in total. The fraction of sp³-hybridized carbons (Fsp3) is 0.529. The van der Waals surface area contributed by atoms with Crippen molar-refractivity contribution in [3.63, 3.8) is 0 Å². The molecule has 1 fully saturated rings. The molecular formula is C17H18F3N3O. The van der Waals surface area contributed by atoms with Crippen LogP contribution in [0.5, 0.6) is 0 Å². The highest BCUT2D eigenvalue weighted by Crippen LogP contribution is 2.33. The molecule has 2 aliphatic rings. The summed E-state index contributed by atoms with van der Waals surface area (Å²) in [5.74, 6) is 0.202. The van der Waals surface area contributed by atoms with Gasteiger partial charge in [0, 0.05) is 49.2 Å². The smallest absolute Gasteiger partial charge is 0.339 e. The van der Waals surface area contributed by atoms with Crippen LogP contribution in [-0.2, 0) is 23.9 Å². The molecule has 0 N–H and O–H groups in total. The Morgan fingerprint density at radius 3 is 2.75 bits per heavy atom. The van der Waals surface area contributed by atoms with Crippen molar-refractivity contribution < 1.29 is 18.0 Å². The number of alkyl halides is 3. The number of piperidine rings is 1. The standard InChI is InChI=1S/C17H18F3N3O/c18-17(19,20)12-7-11-8-14-9-13(22-5-2-1-3-15(22)24)4-6-23(14)16(11)21-10-12/h7-8,10,13H,1-6,9H2. The normalized spacial score (nSPS) is 22.0. The molecule has 0 saturated carbocycles. The molecule has 128 valence electrons. The van der Waals surface area contributed by atoms with Gasteiger partial charge in [-0.15, -0.1) is 0 Å². The number of carbonyl (C=O) groups is 1. The van der Waals surface area contributed by atoms with E-state index in [0.29, 0.717) is 30.4 Å². The average molecular weight is 337 g/mol. The summed E-state index contributed by atoms with van der Waals surface area (Å²) in [6, 6.07) is 3.10. The molecule has 4 rings (SSSR count). The quantitative estimate of drug-likeness (QED) is 0.800. The van der Waals surface area contributed by atoms with Crippen LogP contribution in [0.25, 0.3) is 11.0 Å². The summed E-state index contributed by atoms with van der Waals surface area (Å²) >= 11 is 0. The van der Waals surface area contributed by atoms with Crippen LogP contribution in [0.15, 0.2) is 18.3 Å². The van der Waals surface area contributed by atoms with Crippen LogP contribution in [0.2, 0.25) is 0 Å². The van der Waals surface area contributed by atoms with Crippen molar-refractivity contribution in [2.24, 2.45) is 0 Å². The number of rotatable bonds is 1. The zero-order valence-corrected chi connectivity index (χ0v) is 13.1. The van der Waals surface area contributed by atoms with Gasteiger partial charge in [0.25, 0.3) is 0 Å². The number of amides is 1. The molecule has 2 aromatic heterocycles. The van der Waals surface area contributed by atoms with Crippen molar-refractivity contribution >= 4 is 16.9 Å². The summed E-state index contributed by atoms with van der Waals surface area (Å²) in [6.45, 7) is 1.48. The summed E-state index contributed by atoms with van der Waals surface area (Å²) in [7, 11) is 0. The van der Waals surface area contributed by atoms with E-state index in [4.69, 9.17) is 0 Å². The molecule has 0 aliphatic carbocycles. The second kappa shape index (κ2) is 5.50. The molecule has 0 spiro atoms. The number of aryl methyl sites for hydroxylation is 1. The zero-order valence-electron chi connectivity index (χ0n) is 13.1. The summed E-state index contributed by atoms with van der Waals surface area (Å²) in [5.41, 5.74) is 0.841. The van der Waals surface area contributed by atoms with Gasteiger partial charge in [-0.25, -0.2) is 4.98 Å². The molecule has 2 aliphatic heterocycles. The van der Waals surface area contributed by atoms with Crippen molar-refractivity contribution in [2.75, 3.05) is 6.54 Å². The second-order valence-corrected chi connectivity index (χ2v) is 6.61. The van der Waals surface area contributed by atoms with Gasteiger partial charge in [0.2, 0.25) is 5.91 Å². The van der Waals surface area contributed by atoms with Gasteiger partial charge in [-0.1, -0.05) is 0 Å². The summed E-state index contributed by atoms with van der Waals surface area (Å²) < 4.78 is 40.6. The van der Waals surface area contributed by atoms with E-state index in [1.165, 1.54) is 0 Å². The van der Waals surface area contributed by atoms with E-state index in [-0.39, 0.29) is 11.9 Å². The summed E-state index contributed by atoms with van der Waals surface area (Å²) in [4.78, 5) is 18.1. The molecule has 7 heteroatoms. The minimum Gasteiger partial charge on any atom is -0.339 e. The van der Waals surface area contributed by atoms with Crippen molar-refractivity contribution in [2.45, 2.75) is 50.9 Å². The Kier molecular flexibility index (Phi) is 3.54. The number of hydrogen-bond donors (Lipinski definition) is 0. The molecule has 2 aromatic rings. The first-order valence-corrected chi connectivity index (χ1v) is 8.28. The first-order valence-electron chi connectivity index (χ1n) is 8.28. The van der Waals surface area contributed by atoms with Gasteiger partial charge in [0.05, 0.1) is 5.56 Å². The zero-order chi connectivity index (χ0) is 16.9. The van der Waals surface area contributed by atoms with Gasteiger partial charge in [-0.05, 0) is 31.4 Å². The number of fused-ring (bicyclic) bond motifs is 3. The van der Waals surface area contributed by atoms with Crippen LogP contribution in [0.1, 0.15) is 36.9 Å². The fourth-order valence-electron chi connectivity index (χ4n) is 3.87. The largest absolute Gasteiger partial charge is 0.417 e. The summed E-state index contributed by atoms with van der Waals surface area (Å²) in [5, 5.41) is 0.519. The number of aromatic nitrogens is 2. The Labute approximate surface area is 137 Å². The van der Waals surface area contributed by atoms with Gasteiger partial charge in [-0.2, -0.15) is 13.2 Å². The third kappa shape index (κ3) is 2.56. The lowest BCUT2D eigenvalue weighted by atomic mass is 9.99. The first kappa shape index (κ1) is 15.5. The van der Waals surface area contributed by atoms with Crippen molar-refractivity contribution in [1.82, 2.24) is 14.5 Å². The Balaban J connectivity index is 1.65. The van der Waals surface area contributed by atoms with Crippen LogP contribution in [-0.4, -0.2) is 32.9 Å².